The van der Waals surface area contributed by atoms with E-state index in [1.54, 1.807) is 55.5 Å². The number of nitrogens with zero attached hydrogens (tertiary/aromatic N) is 2. The number of hydrogen-bond acceptors (Lipinski definition) is 9. The van der Waals surface area contributed by atoms with Crippen LogP contribution in [0.4, 0.5) is 5.13 Å². The summed E-state index contributed by atoms with van der Waals surface area (Å²) in [4.78, 5) is 45.0. The van der Waals surface area contributed by atoms with Crippen LogP contribution in [0.3, 0.4) is 0 Å². The number of carbonyl (C=O) groups excluding carboxylic acids is 3. The maximum atomic E-state index is 13.4. The number of esters is 1. The van der Waals surface area contributed by atoms with E-state index >= 15 is 0 Å². The van der Waals surface area contributed by atoms with Gasteiger partial charge in [0.05, 0.1) is 31.5 Å². The van der Waals surface area contributed by atoms with Crippen molar-refractivity contribution in [1.82, 2.24) is 4.98 Å². The number of Topliss-reactive ketones (excluding diaryl/α,β-unsaturated/α-hetero) is 1. The molecule has 1 unspecified atom stereocenters. The molecule has 2 heterocycles. The number of carbonyl (C=O) groups is 3. The Hall–Kier alpha value is -4.44. The van der Waals surface area contributed by atoms with Crippen LogP contribution in [0.1, 0.15) is 32.5 Å². The van der Waals surface area contributed by atoms with Gasteiger partial charge in [-0.15, -0.1) is 0 Å². The van der Waals surface area contributed by atoms with Crippen molar-refractivity contribution in [2.24, 2.45) is 0 Å². The molecule has 9 nitrogen and oxygen atoms in total. The number of anilines is 1. The topological polar surface area (TPSA) is 115 Å². The molecule has 1 aromatic heterocycles. The molecule has 1 fully saturated rings. The van der Waals surface area contributed by atoms with Crippen molar-refractivity contribution in [3.8, 4) is 11.5 Å². The molecule has 1 amide bonds. The predicted octanol–water partition coefficient (Wildman–Crippen LogP) is 4.44. The lowest BCUT2D eigenvalue weighted by atomic mass is 9.95. The molecule has 37 heavy (non-hydrogen) atoms. The summed E-state index contributed by atoms with van der Waals surface area (Å²) in [5, 5.41) is 11.3. The van der Waals surface area contributed by atoms with Crippen molar-refractivity contribution >= 4 is 39.9 Å². The Bertz CT molecular complexity index is 1410. The average molecular weight is 521 g/mol. The lowest BCUT2D eigenvalue weighted by Gasteiger charge is -2.23. The SMILES string of the molecule is C=CCOC(=O)c1sc(N2C(=O)C(=O)/C(=C(\O)c3ccccc3)C2c2ccc(OC)c(OC)c2)nc1C. The normalized spacial score (nSPS) is 16.5. The second kappa shape index (κ2) is 10.7. The van der Waals surface area contributed by atoms with E-state index in [4.69, 9.17) is 14.2 Å². The fraction of sp³-hybridized carbons (Fsp3) is 0.185. The Kier molecular flexibility index (Phi) is 7.40. The van der Waals surface area contributed by atoms with Gasteiger partial charge in [0, 0.05) is 5.56 Å². The van der Waals surface area contributed by atoms with Gasteiger partial charge in [-0.2, -0.15) is 0 Å². The maximum Gasteiger partial charge on any atom is 0.350 e. The molecule has 0 spiro atoms. The van der Waals surface area contributed by atoms with Crippen LogP contribution >= 0.6 is 11.3 Å². The molecular weight excluding hydrogens is 496 g/mol. The van der Waals surface area contributed by atoms with Crippen LogP contribution in [-0.4, -0.2) is 48.6 Å². The van der Waals surface area contributed by atoms with Gasteiger partial charge in [-0.05, 0) is 24.6 Å². The second-order valence-corrected chi connectivity index (χ2v) is 8.93. The van der Waals surface area contributed by atoms with Crippen LogP contribution in [-0.2, 0) is 14.3 Å². The highest BCUT2D eigenvalue weighted by Crippen LogP contribution is 2.45. The van der Waals surface area contributed by atoms with E-state index in [9.17, 15) is 19.5 Å². The van der Waals surface area contributed by atoms with E-state index in [-0.39, 0.29) is 27.9 Å². The van der Waals surface area contributed by atoms with E-state index in [1.165, 1.54) is 25.2 Å². The van der Waals surface area contributed by atoms with Gasteiger partial charge >= 0.3 is 11.9 Å². The number of benzene rings is 2. The zero-order valence-corrected chi connectivity index (χ0v) is 21.2. The lowest BCUT2D eigenvalue weighted by molar-refractivity contribution is -0.132. The molecule has 0 saturated carbocycles. The van der Waals surface area contributed by atoms with Crippen LogP contribution < -0.4 is 14.4 Å². The fourth-order valence-electron chi connectivity index (χ4n) is 3.99. The number of hydrogen-bond donors (Lipinski definition) is 1. The summed E-state index contributed by atoms with van der Waals surface area (Å²) < 4.78 is 15.9. The van der Waals surface area contributed by atoms with Crippen molar-refractivity contribution < 1.29 is 33.7 Å². The smallest absolute Gasteiger partial charge is 0.350 e. The quantitative estimate of drug-likeness (QED) is 0.152. The molecule has 1 aliphatic heterocycles. The van der Waals surface area contributed by atoms with Crippen LogP contribution in [0, 0.1) is 6.92 Å². The molecule has 0 radical (unpaired) electrons. The number of thiazole rings is 1. The summed E-state index contributed by atoms with van der Waals surface area (Å²) in [6, 6.07) is 12.3. The molecule has 10 heteroatoms. The molecule has 0 bridgehead atoms. The number of amides is 1. The largest absolute Gasteiger partial charge is 0.507 e. The first-order chi connectivity index (χ1) is 17.8. The minimum absolute atomic E-state index is 0.0126. The summed E-state index contributed by atoms with van der Waals surface area (Å²) >= 11 is 0.919. The Morgan fingerprint density at radius 2 is 1.84 bits per heavy atom. The highest BCUT2D eigenvalue weighted by Gasteiger charge is 2.48. The molecular formula is C27H24N2O7S. The highest BCUT2D eigenvalue weighted by atomic mass is 32.1. The first kappa shape index (κ1) is 25.6. The number of aliphatic hydroxyl groups excluding tert-OH is 1. The predicted molar refractivity (Wildman–Crippen MR) is 138 cm³/mol. The third-order valence-corrected chi connectivity index (χ3v) is 6.86. The Labute approximate surface area is 217 Å². The zero-order chi connectivity index (χ0) is 26.7. The highest BCUT2D eigenvalue weighted by molar-refractivity contribution is 7.17. The minimum atomic E-state index is -1.05. The minimum Gasteiger partial charge on any atom is -0.507 e. The average Bonchev–Trinajstić information content (AvgIpc) is 3.43. The standard InChI is InChI=1S/C27H24N2O7S/c1-5-13-36-26(33)24-15(2)28-27(37-24)29-21(17-11-12-18(34-3)19(14-17)35-4)20(23(31)25(29)32)22(30)16-9-7-6-8-10-16/h5-12,14,21,30H,1,13H2,2-4H3/b22-20-. The van der Waals surface area contributed by atoms with Gasteiger partial charge in [0.1, 0.15) is 17.2 Å². The monoisotopic (exact) mass is 520 g/mol. The number of methoxy groups -OCH3 is 2. The molecule has 190 valence electrons. The molecule has 1 aliphatic rings. The van der Waals surface area contributed by atoms with Crippen LogP contribution in [0.15, 0.2) is 66.8 Å². The molecule has 2 aromatic carbocycles. The number of ketones is 1. The third kappa shape index (κ3) is 4.70. The van der Waals surface area contributed by atoms with E-state index in [0.717, 1.165) is 11.3 Å². The van der Waals surface area contributed by atoms with Crippen molar-refractivity contribution in [1.29, 1.82) is 0 Å². The van der Waals surface area contributed by atoms with Gasteiger partial charge in [0.25, 0.3) is 5.78 Å². The Morgan fingerprint density at radius 3 is 2.49 bits per heavy atom. The zero-order valence-electron chi connectivity index (χ0n) is 20.4. The van der Waals surface area contributed by atoms with E-state index in [1.807, 2.05) is 0 Å². The third-order valence-electron chi connectivity index (χ3n) is 5.72. The maximum absolute atomic E-state index is 13.4. The summed E-state index contributed by atoms with van der Waals surface area (Å²) in [5.41, 5.74) is 1.06. The van der Waals surface area contributed by atoms with Gasteiger partial charge in [0.15, 0.2) is 16.6 Å². The molecule has 3 aromatic rings. The second-order valence-electron chi connectivity index (χ2n) is 7.95. The van der Waals surface area contributed by atoms with Crippen LogP contribution in [0.5, 0.6) is 11.5 Å². The molecule has 1 atom stereocenters. The number of rotatable bonds is 8. The van der Waals surface area contributed by atoms with Crippen LogP contribution in [0.25, 0.3) is 5.76 Å². The van der Waals surface area contributed by atoms with Crippen molar-refractivity contribution in [3.05, 3.63) is 88.5 Å². The summed E-state index contributed by atoms with van der Waals surface area (Å²) in [6.07, 6.45) is 1.44. The Balaban J connectivity index is 1.92. The van der Waals surface area contributed by atoms with E-state index < -0.39 is 23.7 Å². The van der Waals surface area contributed by atoms with Crippen molar-refractivity contribution in [3.63, 3.8) is 0 Å². The number of ether oxygens (including phenoxy) is 3. The Morgan fingerprint density at radius 1 is 1.14 bits per heavy atom. The molecule has 1 N–H and O–H groups in total. The summed E-state index contributed by atoms with van der Waals surface area (Å²) in [5.74, 6) is -1.91. The summed E-state index contributed by atoms with van der Waals surface area (Å²) in [7, 11) is 2.96. The van der Waals surface area contributed by atoms with Crippen molar-refractivity contribution in [2.75, 3.05) is 25.7 Å². The molecule has 4 rings (SSSR count). The number of aromatic nitrogens is 1. The van der Waals surface area contributed by atoms with Gasteiger partial charge < -0.3 is 19.3 Å². The van der Waals surface area contributed by atoms with Gasteiger partial charge in [0.2, 0.25) is 0 Å². The molecule has 1 saturated heterocycles. The number of aryl methyl sites for hydroxylation is 1. The summed E-state index contributed by atoms with van der Waals surface area (Å²) in [6.45, 7) is 5.15. The fourth-order valence-corrected chi connectivity index (χ4v) is 4.98. The molecule has 0 aliphatic carbocycles. The first-order valence-electron chi connectivity index (χ1n) is 11.2. The van der Waals surface area contributed by atoms with Gasteiger partial charge in [-0.25, -0.2) is 9.78 Å². The van der Waals surface area contributed by atoms with Gasteiger partial charge in [-0.1, -0.05) is 60.4 Å². The van der Waals surface area contributed by atoms with E-state index in [2.05, 4.69) is 11.6 Å². The lowest BCUT2D eigenvalue weighted by Crippen LogP contribution is -2.29. The first-order valence-corrected chi connectivity index (χ1v) is 12.0. The van der Waals surface area contributed by atoms with Crippen LogP contribution in [0.2, 0.25) is 0 Å². The number of aliphatic hydroxyl groups is 1. The van der Waals surface area contributed by atoms with E-state index in [0.29, 0.717) is 28.3 Å². The van der Waals surface area contributed by atoms with Gasteiger partial charge in [-0.3, -0.25) is 14.5 Å². The van der Waals surface area contributed by atoms with Crippen molar-refractivity contribution in [2.45, 2.75) is 13.0 Å².